The fourth-order valence-electron chi connectivity index (χ4n) is 1.67. The Hall–Kier alpha value is -2.01. The Morgan fingerprint density at radius 2 is 2.17 bits per heavy atom. The third-order valence-electron chi connectivity index (χ3n) is 2.53. The van der Waals surface area contributed by atoms with Crippen molar-refractivity contribution in [2.75, 3.05) is 5.32 Å². The normalized spacial score (nSPS) is 14.3. The van der Waals surface area contributed by atoms with Crippen LogP contribution in [0.3, 0.4) is 0 Å². The van der Waals surface area contributed by atoms with Crippen molar-refractivity contribution >= 4 is 22.7 Å². The molecule has 0 unspecified atom stereocenters. The number of nitrogens with one attached hydrogen (secondary N) is 1. The average molecular weight is 256 g/mol. The highest BCUT2D eigenvalue weighted by molar-refractivity contribution is 7.14. The van der Waals surface area contributed by atoms with E-state index in [1.807, 2.05) is 29.8 Å². The lowest BCUT2D eigenvalue weighted by molar-refractivity contribution is 1.04. The van der Waals surface area contributed by atoms with E-state index in [0.717, 1.165) is 35.2 Å². The van der Waals surface area contributed by atoms with E-state index in [1.54, 1.807) is 17.5 Å². The Bertz CT molecular complexity index is 586. The summed E-state index contributed by atoms with van der Waals surface area (Å²) < 4.78 is 0. The maximum Gasteiger partial charge on any atom is 0.188 e. The second-order valence-electron chi connectivity index (χ2n) is 3.86. The second-order valence-corrected chi connectivity index (χ2v) is 4.71. The first-order valence-electron chi connectivity index (χ1n) is 5.78. The molecule has 1 aliphatic heterocycles. The molecule has 0 aromatic carbocycles. The topological polar surface area (TPSA) is 50.2 Å². The van der Waals surface area contributed by atoms with Gasteiger partial charge in [0, 0.05) is 17.8 Å². The fraction of sp³-hybridized carbons (Fsp3) is 0.154. The van der Waals surface area contributed by atoms with Crippen LogP contribution in [-0.4, -0.2) is 16.2 Å². The van der Waals surface area contributed by atoms with E-state index in [1.165, 1.54) is 0 Å². The van der Waals surface area contributed by atoms with Crippen LogP contribution < -0.4 is 5.32 Å². The Kier molecular flexibility index (Phi) is 3.14. The minimum atomic E-state index is 0.848. The average Bonchev–Trinajstić information content (AvgIpc) is 2.89. The molecule has 1 aliphatic rings. The van der Waals surface area contributed by atoms with E-state index in [2.05, 4.69) is 26.4 Å². The number of nitrogens with zero attached hydrogens (tertiary/aromatic N) is 3. The third kappa shape index (κ3) is 2.46. The summed E-state index contributed by atoms with van der Waals surface area (Å²) in [5.41, 5.74) is 1.78. The number of rotatable bonds is 3. The zero-order chi connectivity index (χ0) is 12.2. The van der Waals surface area contributed by atoms with Gasteiger partial charge in [0.15, 0.2) is 5.13 Å². The van der Waals surface area contributed by atoms with Crippen LogP contribution in [0.15, 0.2) is 46.7 Å². The van der Waals surface area contributed by atoms with Gasteiger partial charge in [-0.1, -0.05) is 6.07 Å². The number of pyridine rings is 1. The molecule has 0 spiro atoms. The van der Waals surface area contributed by atoms with Crippen molar-refractivity contribution in [2.24, 2.45) is 4.99 Å². The third-order valence-corrected chi connectivity index (χ3v) is 3.29. The van der Waals surface area contributed by atoms with Crippen LogP contribution in [0.1, 0.15) is 12.8 Å². The van der Waals surface area contributed by atoms with E-state index in [9.17, 15) is 0 Å². The van der Waals surface area contributed by atoms with Gasteiger partial charge in [0.1, 0.15) is 11.5 Å². The number of aromatic nitrogens is 2. The van der Waals surface area contributed by atoms with Crippen molar-refractivity contribution < 1.29 is 0 Å². The summed E-state index contributed by atoms with van der Waals surface area (Å²) in [6.45, 7) is 0. The lowest BCUT2D eigenvalue weighted by atomic mass is 10.3. The summed E-state index contributed by atoms with van der Waals surface area (Å²) in [6.07, 6.45) is 7.83. The smallest absolute Gasteiger partial charge is 0.188 e. The SMILES string of the molecule is C1=NC(Nc2nc(-c3ccccn3)cs2)=CCC1. The molecule has 0 aliphatic carbocycles. The molecular weight excluding hydrogens is 244 g/mol. The van der Waals surface area contributed by atoms with Gasteiger partial charge in [-0.2, -0.15) is 0 Å². The molecule has 0 fully saturated rings. The monoisotopic (exact) mass is 256 g/mol. The number of anilines is 1. The fourth-order valence-corrected chi connectivity index (χ4v) is 2.38. The highest BCUT2D eigenvalue weighted by Crippen LogP contribution is 2.24. The van der Waals surface area contributed by atoms with Crippen molar-refractivity contribution in [3.8, 4) is 11.4 Å². The van der Waals surface area contributed by atoms with Crippen LogP contribution in [-0.2, 0) is 0 Å². The number of aliphatic imine (C=N–C) groups is 1. The van der Waals surface area contributed by atoms with Crippen LogP contribution >= 0.6 is 11.3 Å². The van der Waals surface area contributed by atoms with E-state index in [-0.39, 0.29) is 0 Å². The second kappa shape index (κ2) is 5.10. The molecular formula is C13H12N4S. The number of thiazole rings is 1. The zero-order valence-electron chi connectivity index (χ0n) is 9.71. The summed E-state index contributed by atoms with van der Waals surface area (Å²) >= 11 is 1.56. The molecule has 0 amide bonds. The van der Waals surface area contributed by atoms with E-state index in [0.29, 0.717) is 0 Å². The molecule has 90 valence electrons. The van der Waals surface area contributed by atoms with Gasteiger partial charge >= 0.3 is 0 Å². The standard InChI is InChI=1S/C13H12N4S/c1-3-7-14-10(5-1)11-9-18-13(16-11)17-12-6-2-4-8-15-12/h1,3,5-9H,2,4H2,(H,16,17). The van der Waals surface area contributed by atoms with Crippen LogP contribution in [0.2, 0.25) is 0 Å². The molecule has 0 atom stereocenters. The Labute approximate surface area is 109 Å². The van der Waals surface area contributed by atoms with Crippen molar-refractivity contribution in [3.63, 3.8) is 0 Å². The van der Waals surface area contributed by atoms with E-state index < -0.39 is 0 Å². The summed E-state index contributed by atoms with van der Waals surface area (Å²) in [7, 11) is 0. The molecule has 0 saturated heterocycles. The first-order valence-corrected chi connectivity index (χ1v) is 6.66. The van der Waals surface area contributed by atoms with Gasteiger partial charge in [0.2, 0.25) is 0 Å². The van der Waals surface area contributed by atoms with Crippen molar-refractivity contribution in [1.29, 1.82) is 0 Å². The highest BCUT2D eigenvalue weighted by atomic mass is 32.1. The first-order chi connectivity index (χ1) is 8.92. The molecule has 2 aromatic rings. The largest absolute Gasteiger partial charge is 0.316 e. The highest BCUT2D eigenvalue weighted by Gasteiger charge is 2.06. The zero-order valence-corrected chi connectivity index (χ0v) is 10.5. The number of allylic oxidation sites excluding steroid dienone is 1. The predicted octanol–water partition coefficient (Wildman–Crippen LogP) is 3.32. The Morgan fingerprint density at radius 3 is 2.94 bits per heavy atom. The molecule has 0 bridgehead atoms. The summed E-state index contributed by atoms with van der Waals surface area (Å²) in [5, 5.41) is 6.06. The van der Waals surface area contributed by atoms with Gasteiger partial charge in [-0.3, -0.25) is 4.98 Å². The van der Waals surface area contributed by atoms with Crippen molar-refractivity contribution in [1.82, 2.24) is 9.97 Å². The molecule has 2 aromatic heterocycles. The van der Waals surface area contributed by atoms with Gasteiger partial charge in [0.25, 0.3) is 0 Å². The van der Waals surface area contributed by atoms with E-state index in [4.69, 9.17) is 0 Å². The molecule has 3 rings (SSSR count). The quantitative estimate of drug-likeness (QED) is 0.916. The Balaban J connectivity index is 1.78. The van der Waals surface area contributed by atoms with Crippen LogP contribution in [0.4, 0.5) is 5.13 Å². The predicted molar refractivity (Wildman–Crippen MR) is 74.8 cm³/mol. The van der Waals surface area contributed by atoms with Gasteiger partial charge in [-0.05, 0) is 31.1 Å². The molecule has 1 N–H and O–H groups in total. The summed E-state index contributed by atoms with van der Waals surface area (Å²) in [4.78, 5) is 13.1. The van der Waals surface area contributed by atoms with Gasteiger partial charge in [-0.15, -0.1) is 11.3 Å². The van der Waals surface area contributed by atoms with E-state index >= 15 is 0 Å². The first kappa shape index (κ1) is 11.1. The van der Waals surface area contributed by atoms with Crippen LogP contribution in [0.5, 0.6) is 0 Å². The lowest BCUT2D eigenvalue weighted by Gasteiger charge is -2.05. The van der Waals surface area contributed by atoms with Crippen molar-refractivity contribution in [3.05, 3.63) is 41.7 Å². The minimum Gasteiger partial charge on any atom is -0.316 e. The molecule has 5 heteroatoms. The number of hydrogen-bond acceptors (Lipinski definition) is 5. The van der Waals surface area contributed by atoms with Crippen LogP contribution in [0.25, 0.3) is 11.4 Å². The molecule has 18 heavy (non-hydrogen) atoms. The molecule has 0 radical (unpaired) electrons. The van der Waals surface area contributed by atoms with Crippen molar-refractivity contribution in [2.45, 2.75) is 12.8 Å². The minimum absolute atomic E-state index is 0.848. The van der Waals surface area contributed by atoms with Gasteiger partial charge in [0.05, 0.1) is 5.69 Å². The summed E-state index contributed by atoms with van der Waals surface area (Å²) in [5.74, 6) is 0.878. The van der Waals surface area contributed by atoms with Gasteiger partial charge in [-0.25, -0.2) is 9.98 Å². The Morgan fingerprint density at radius 1 is 1.17 bits per heavy atom. The summed E-state index contributed by atoms with van der Waals surface area (Å²) in [6, 6.07) is 5.82. The molecule has 0 saturated carbocycles. The number of hydrogen-bond donors (Lipinski definition) is 1. The van der Waals surface area contributed by atoms with Crippen LogP contribution in [0, 0.1) is 0 Å². The lowest BCUT2D eigenvalue weighted by Crippen LogP contribution is -2.00. The van der Waals surface area contributed by atoms with Gasteiger partial charge < -0.3 is 5.32 Å². The molecule has 3 heterocycles. The maximum absolute atomic E-state index is 4.50. The molecule has 4 nitrogen and oxygen atoms in total. The maximum atomic E-state index is 4.50.